The minimum absolute atomic E-state index is 0.191. The molecule has 72 valence electrons. The van der Waals surface area contributed by atoms with E-state index in [4.69, 9.17) is 0 Å². The largest absolute Gasteiger partial charge is 0.322 e. The molecule has 0 aliphatic rings. The minimum atomic E-state index is -0.293. The average molecular weight is 191 g/mol. The Morgan fingerprint density at radius 3 is 2.71 bits per heavy atom. The first-order valence-electron chi connectivity index (χ1n) is 4.38. The van der Waals surface area contributed by atoms with Crippen LogP contribution in [-0.4, -0.2) is 4.98 Å². The van der Waals surface area contributed by atoms with Gasteiger partial charge in [-0.05, 0) is 31.5 Å². The summed E-state index contributed by atoms with van der Waals surface area (Å²) in [4.78, 5) is 13.8. The monoisotopic (exact) mass is 191 g/mol. The van der Waals surface area contributed by atoms with Gasteiger partial charge in [0.05, 0.1) is 5.52 Å². The summed E-state index contributed by atoms with van der Waals surface area (Å²) in [5.74, 6) is -0.293. The lowest BCUT2D eigenvalue weighted by Crippen LogP contribution is -2.06. The van der Waals surface area contributed by atoms with Crippen LogP contribution in [0, 0.1) is 19.7 Å². The second-order valence-corrected chi connectivity index (χ2v) is 3.41. The molecule has 0 fully saturated rings. The van der Waals surface area contributed by atoms with E-state index < -0.39 is 0 Å². The van der Waals surface area contributed by atoms with E-state index >= 15 is 0 Å². The van der Waals surface area contributed by atoms with Crippen LogP contribution in [0.3, 0.4) is 0 Å². The number of nitrogens with one attached hydrogen (secondary N) is 1. The summed E-state index contributed by atoms with van der Waals surface area (Å²) in [6.45, 7) is 3.50. The SMILES string of the molecule is Cc1cc(=O)[nH]c2c(C)c(F)ccc12. The van der Waals surface area contributed by atoms with Crippen LogP contribution in [0.25, 0.3) is 10.9 Å². The van der Waals surface area contributed by atoms with Gasteiger partial charge in [-0.1, -0.05) is 0 Å². The molecule has 0 atom stereocenters. The summed E-state index contributed by atoms with van der Waals surface area (Å²) in [7, 11) is 0. The highest BCUT2D eigenvalue weighted by Gasteiger charge is 2.05. The number of aromatic amines is 1. The standard InChI is InChI=1S/C11H10FNO/c1-6-5-10(14)13-11-7(2)9(12)4-3-8(6)11/h3-5H,1-2H3,(H,13,14). The van der Waals surface area contributed by atoms with Crippen LogP contribution in [0.4, 0.5) is 4.39 Å². The summed E-state index contributed by atoms with van der Waals surface area (Å²) in [6, 6.07) is 4.62. The molecular formula is C11H10FNO. The fraction of sp³-hybridized carbons (Fsp3) is 0.182. The predicted octanol–water partition coefficient (Wildman–Crippen LogP) is 2.28. The maximum absolute atomic E-state index is 13.2. The van der Waals surface area contributed by atoms with Crippen LogP contribution < -0.4 is 5.56 Å². The molecule has 0 spiro atoms. The zero-order chi connectivity index (χ0) is 10.3. The Balaban J connectivity index is 3.02. The topological polar surface area (TPSA) is 32.9 Å². The minimum Gasteiger partial charge on any atom is -0.322 e. The third kappa shape index (κ3) is 1.21. The van der Waals surface area contributed by atoms with E-state index in [1.165, 1.54) is 12.1 Å². The molecule has 14 heavy (non-hydrogen) atoms. The van der Waals surface area contributed by atoms with Gasteiger partial charge in [-0.15, -0.1) is 0 Å². The highest BCUT2D eigenvalue weighted by molar-refractivity contribution is 5.84. The molecular weight excluding hydrogens is 181 g/mol. The van der Waals surface area contributed by atoms with Gasteiger partial charge in [-0.3, -0.25) is 4.79 Å². The van der Waals surface area contributed by atoms with Gasteiger partial charge >= 0.3 is 0 Å². The number of rotatable bonds is 0. The fourth-order valence-corrected chi connectivity index (χ4v) is 1.61. The van der Waals surface area contributed by atoms with Gasteiger partial charge in [0, 0.05) is 17.0 Å². The molecule has 1 heterocycles. The number of pyridine rings is 1. The molecule has 1 N–H and O–H groups in total. The Bertz CT molecular complexity index is 557. The van der Waals surface area contributed by atoms with Gasteiger partial charge in [0.2, 0.25) is 5.56 Å². The number of aromatic nitrogens is 1. The molecule has 0 amide bonds. The van der Waals surface area contributed by atoms with Crippen molar-refractivity contribution in [3.63, 3.8) is 0 Å². The molecule has 0 aliphatic heterocycles. The summed E-state index contributed by atoms with van der Waals surface area (Å²) in [6.07, 6.45) is 0. The Morgan fingerprint density at radius 2 is 2.00 bits per heavy atom. The van der Waals surface area contributed by atoms with Crippen molar-refractivity contribution in [2.24, 2.45) is 0 Å². The molecule has 2 nitrogen and oxygen atoms in total. The zero-order valence-electron chi connectivity index (χ0n) is 8.02. The normalized spacial score (nSPS) is 10.8. The molecule has 0 saturated heterocycles. The van der Waals surface area contributed by atoms with Crippen LogP contribution in [-0.2, 0) is 0 Å². The van der Waals surface area contributed by atoms with E-state index in [-0.39, 0.29) is 11.4 Å². The van der Waals surface area contributed by atoms with Gasteiger partial charge in [0.1, 0.15) is 5.82 Å². The first kappa shape index (κ1) is 8.94. The Kier molecular flexibility index (Phi) is 1.88. The highest BCUT2D eigenvalue weighted by Crippen LogP contribution is 2.19. The smallest absolute Gasteiger partial charge is 0.248 e. The lowest BCUT2D eigenvalue weighted by atomic mass is 10.1. The number of aryl methyl sites for hydroxylation is 2. The second kappa shape index (κ2) is 2.94. The van der Waals surface area contributed by atoms with Gasteiger partial charge in [0.15, 0.2) is 0 Å². The number of fused-ring (bicyclic) bond motifs is 1. The van der Waals surface area contributed by atoms with Crippen molar-refractivity contribution in [1.29, 1.82) is 0 Å². The molecule has 2 aromatic rings. The van der Waals surface area contributed by atoms with Gasteiger partial charge in [0.25, 0.3) is 0 Å². The molecule has 0 saturated carbocycles. The number of halogens is 1. The van der Waals surface area contributed by atoms with Gasteiger partial charge < -0.3 is 4.98 Å². The molecule has 0 radical (unpaired) electrons. The van der Waals surface area contributed by atoms with Crippen molar-refractivity contribution in [2.75, 3.05) is 0 Å². The fourth-order valence-electron chi connectivity index (χ4n) is 1.61. The summed E-state index contributed by atoms with van der Waals surface area (Å²) in [5.41, 5.74) is 1.76. The number of benzene rings is 1. The van der Waals surface area contributed by atoms with Gasteiger partial charge in [-0.2, -0.15) is 0 Å². The third-order valence-electron chi connectivity index (χ3n) is 2.42. The van der Waals surface area contributed by atoms with Crippen LogP contribution in [0.15, 0.2) is 23.0 Å². The molecule has 0 unspecified atom stereocenters. The first-order chi connectivity index (χ1) is 6.59. The lowest BCUT2D eigenvalue weighted by Gasteiger charge is -2.04. The number of H-pyrrole nitrogens is 1. The van der Waals surface area contributed by atoms with Crippen molar-refractivity contribution in [3.05, 3.63) is 45.5 Å². The molecule has 0 aliphatic carbocycles. The summed E-state index contributed by atoms with van der Waals surface area (Å²) >= 11 is 0. The van der Waals surface area contributed by atoms with Gasteiger partial charge in [-0.25, -0.2) is 4.39 Å². The van der Waals surface area contributed by atoms with E-state index in [1.54, 1.807) is 13.0 Å². The van der Waals surface area contributed by atoms with Crippen molar-refractivity contribution < 1.29 is 4.39 Å². The van der Waals surface area contributed by atoms with Crippen LogP contribution in [0.5, 0.6) is 0 Å². The van der Waals surface area contributed by atoms with Crippen molar-refractivity contribution in [1.82, 2.24) is 4.98 Å². The van der Waals surface area contributed by atoms with Crippen LogP contribution in [0.1, 0.15) is 11.1 Å². The second-order valence-electron chi connectivity index (χ2n) is 3.41. The van der Waals surface area contributed by atoms with Crippen LogP contribution in [0.2, 0.25) is 0 Å². The molecule has 0 bridgehead atoms. The van der Waals surface area contributed by atoms with E-state index in [9.17, 15) is 9.18 Å². The molecule has 3 heteroatoms. The van der Waals surface area contributed by atoms with Crippen molar-refractivity contribution in [2.45, 2.75) is 13.8 Å². The Labute approximate surface area is 80.4 Å². The lowest BCUT2D eigenvalue weighted by molar-refractivity contribution is 0.620. The molecule has 2 rings (SSSR count). The van der Waals surface area contributed by atoms with Crippen LogP contribution >= 0.6 is 0 Å². The van der Waals surface area contributed by atoms with Crippen molar-refractivity contribution >= 4 is 10.9 Å². The summed E-state index contributed by atoms with van der Waals surface area (Å²) in [5, 5.41) is 0.892. The van der Waals surface area contributed by atoms with E-state index in [0.717, 1.165) is 10.9 Å². The third-order valence-corrected chi connectivity index (χ3v) is 2.42. The Hall–Kier alpha value is -1.64. The van der Waals surface area contributed by atoms with E-state index in [1.807, 2.05) is 6.92 Å². The number of hydrogen-bond acceptors (Lipinski definition) is 1. The predicted molar refractivity (Wildman–Crippen MR) is 54.0 cm³/mol. The Morgan fingerprint density at radius 1 is 1.29 bits per heavy atom. The maximum atomic E-state index is 13.2. The zero-order valence-corrected chi connectivity index (χ0v) is 8.02. The van der Waals surface area contributed by atoms with E-state index in [0.29, 0.717) is 11.1 Å². The highest BCUT2D eigenvalue weighted by atomic mass is 19.1. The average Bonchev–Trinajstić information content (AvgIpc) is 2.12. The maximum Gasteiger partial charge on any atom is 0.248 e. The molecule has 1 aromatic heterocycles. The number of hydrogen-bond donors (Lipinski definition) is 1. The summed E-state index contributed by atoms with van der Waals surface area (Å²) < 4.78 is 13.2. The first-order valence-corrected chi connectivity index (χ1v) is 4.38. The molecule has 1 aromatic carbocycles. The quantitative estimate of drug-likeness (QED) is 0.680. The van der Waals surface area contributed by atoms with E-state index in [2.05, 4.69) is 4.98 Å². The van der Waals surface area contributed by atoms with Crippen molar-refractivity contribution in [3.8, 4) is 0 Å².